The number of phenols is 1. The number of amides is 3. The van der Waals surface area contributed by atoms with E-state index in [4.69, 9.17) is 0 Å². The van der Waals surface area contributed by atoms with Crippen LogP contribution in [0.5, 0.6) is 5.75 Å². The molecule has 4 atom stereocenters. The van der Waals surface area contributed by atoms with Crippen molar-refractivity contribution in [1.82, 2.24) is 16.0 Å². The highest BCUT2D eigenvalue weighted by Gasteiger charge is 2.39. The molecular weight excluding hydrogens is 450 g/mol. The number of hydrogen-bond acceptors (Lipinski definition) is 5. The van der Waals surface area contributed by atoms with Crippen LogP contribution in [-0.2, 0) is 25.6 Å². The van der Waals surface area contributed by atoms with Crippen molar-refractivity contribution in [3.8, 4) is 5.75 Å². The second-order valence-electron chi connectivity index (χ2n) is 10.7. The highest BCUT2D eigenvalue weighted by atomic mass is 16.4. The minimum Gasteiger partial charge on any atom is -0.508 e. The molecule has 0 aliphatic rings. The number of benzene rings is 1. The largest absolute Gasteiger partial charge is 0.508 e. The zero-order valence-corrected chi connectivity index (χ0v) is 21.9. The molecule has 3 amide bonds. The number of carboxylic acids is 1. The van der Waals surface area contributed by atoms with E-state index in [2.05, 4.69) is 16.0 Å². The molecule has 0 heterocycles. The van der Waals surface area contributed by atoms with Gasteiger partial charge < -0.3 is 26.2 Å². The Balaban J connectivity index is 3.11. The molecule has 5 N–H and O–H groups in total. The minimum atomic E-state index is -1.50. The van der Waals surface area contributed by atoms with Gasteiger partial charge in [-0.15, -0.1) is 0 Å². The van der Waals surface area contributed by atoms with Crippen LogP contribution in [0.15, 0.2) is 24.3 Å². The van der Waals surface area contributed by atoms with Crippen molar-refractivity contribution in [2.75, 3.05) is 0 Å². The van der Waals surface area contributed by atoms with Gasteiger partial charge >= 0.3 is 5.97 Å². The van der Waals surface area contributed by atoms with Gasteiger partial charge in [-0.3, -0.25) is 14.4 Å². The Hall–Kier alpha value is -3.10. The maximum absolute atomic E-state index is 13.3. The summed E-state index contributed by atoms with van der Waals surface area (Å²) in [5, 5.41) is 27.3. The van der Waals surface area contributed by atoms with E-state index >= 15 is 0 Å². The van der Waals surface area contributed by atoms with Crippen molar-refractivity contribution in [1.29, 1.82) is 0 Å². The Morgan fingerprint density at radius 3 is 1.97 bits per heavy atom. The van der Waals surface area contributed by atoms with E-state index in [-0.39, 0.29) is 29.9 Å². The Morgan fingerprint density at radius 2 is 1.51 bits per heavy atom. The van der Waals surface area contributed by atoms with Crippen molar-refractivity contribution in [3.63, 3.8) is 0 Å². The topological polar surface area (TPSA) is 145 Å². The normalized spacial score (nSPS) is 15.7. The average Bonchev–Trinajstić information content (AvgIpc) is 2.75. The van der Waals surface area contributed by atoms with Gasteiger partial charge in [0.1, 0.15) is 23.4 Å². The summed E-state index contributed by atoms with van der Waals surface area (Å²) in [5.74, 6) is -2.90. The monoisotopic (exact) mass is 491 g/mol. The number of carbonyl (C=O) groups excluding carboxylic acids is 3. The zero-order chi connectivity index (χ0) is 27.0. The molecule has 0 aliphatic carbocycles. The molecule has 0 fully saturated rings. The van der Waals surface area contributed by atoms with E-state index in [9.17, 15) is 29.4 Å². The number of phenolic OH excluding ortho intramolecular Hbond substituents is 1. The third-order valence-electron chi connectivity index (χ3n) is 6.11. The standard InChI is InChI=1S/C26H41N3O6/c1-8-16(2)21(23(33)29-26(7,24(34)35)14-13-25(4,5)6)28-22(32)20(27-17(3)30)15-18-9-11-19(31)12-10-18/h9-12,16,20-21,31H,8,13-15H2,1-7H3,(H,27,30)(H,28,32)(H,29,33)(H,34,35)/t16-,20-,21-,26-/m0/s1. The van der Waals surface area contributed by atoms with Crippen LogP contribution in [0.25, 0.3) is 0 Å². The second-order valence-corrected chi connectivity index (χ2v) is 10.7. The first kappa shape index (κ1) is 29.9. The number of carbonyl (C=O) groups is 4. The highest BCUT2D eigenvalue weighted by Crippen LogP contribution is 2.26. The predicted octanol–water partition coefficient (Wildman–Crippen LogP) is 2.76. The molecule has 35 heavy (non-hydrogen) atoms. The fraction of sp³-hybridized carbons (Fsp3) is 0.615. The molecular formula is C26H41N3O6. The molecule has 9 heteroatoms. The number of nitrogens with one attached hydrogen (secondary N) is 3. The number of aliphatic carboxylic acids is 1. The van der Waals surface area contributed by atoms with Crippen molar-refractivity contribution >= 4 is 23.7 Å². The lowest BCUT2D eigenvalue weighted by Crippen LogP contribution is -2.61. The molecule has 196 valence electrons. The van der Waals surface area contributed by atoms with Gasteiger partial charge in [0.25, 0.3) is 0 Å². The van der Waals surface area contributed by atoms with E-state index in [1.165, 1.54) is 26.0 Å². The second kappa shape index (κ2) is 12.6. The Morgan fingerprint density at radius 1 is 0.943 bits per heavy atom. The van der Waals surface area contributed by atoms with E-state index in [0.29, 0.717) is 18.4 Å². The zero-order valence-electron chi connectivity index (χ0n) is 21.9. The molecule has 0 aromatic heterocycles. The molecule has 1 aromatic carbocycles. The molecule has 1 aromatic rings. The third-order valence-corrected chi connectivity index (χ3v) is 6.11. The maximum Gasteiger partial charge on any atom is 0.329 e. The molecule has 0 saturated heterocycles. The molecule has 0 radical (unpaired) electrons. The molecule has 0 aliphatic heterocycles. The quantitative estimate of drug-likeness (QED) is 0.304. The first-order valence-corrected chi connectivity index (χ1v) is 12.0. The van der Waals surface area contributed by atoms with Crippen molar-refractivity contribution in [2.45, 2.75) is 91.8 Å². The summed E-state index contributed by atoms with van der Waals surface area (Å²) in [5.41, 5.74) is -0.906. The first-order valence-electron chi connectivity index (χ1n) is 12.0. The molecule has 0 unspecified atom stereocenters. The van der Waals surface area contributed by atoms with Crippen LogP contribution in [0.3, 0.4) is 0 Å². The van der Waals surface area contributed by atoms with Gasteiger partial charge in [-0.05, 0) is 48.8 Å². The summed E-state index contributed by atoms with van der Waals surface area (Å²) in [7, 11) is 0. The average molecular weight is 492 g/mol. The summed E-state index contributed by atoms with van der Waals surface area (Å²) in [6.07, 6.45) is 1.52. The Labute approximate surface area is 208 Å². The fourth-order valence-electron chi connectivity index (χ4n) is 3.48. The molecule has 9 nitrogen and oxygen atoms in total. The summed E-state index contributed by atoms with van der Waals surface area (Å²) >= 11 is 0. The molecule has 1 rings (SSSR count). The SMILES string of the molecule is CC[C@H](C)[C@H](NC(=O)[C@H](Cc1ccc(O)cc1)NC(C)=O)C(=O)N[C@@](C)(CCC(C)(C)C)C(=O)O. The summed E-state index contributed by atoms with van der Waals surface area (Å²) < 4.78 is 0. The lowest BCUT2D eigenvalue weighted by molar-refractivity contribution is -0.148. The van der Waals surface area contributed by atoms with Crippen molar-refractivity contribution < 1.29 is 29.4 Å². The van der Waals surface area contributed by atoms with Crippen LogP contribution in [0, 0.1) is 11.3 Å². The van der Waals surface area contributed by atoms with Crippen LogP contribution in [0.1, 0.15) is 73.3 Å². The number of carboxylic acid groups (broad SMARTS) is 1. The Kier molecular flexibility index (Phi) is 10.7. The van der Waals surface area contributed by atoms with Crippen LogP contribution >= 0.6 is 0 Å². The van der Waals surface area contributed by atoms with Crippen LogP contribution in [0.4, 0.5) is 0 Å². The van der Waals surface area contributed by atoms with Crippen LogP contribution in [-0.4, -0.2) is 51.5 Å². The van der Waals surface area contributed by atoms with Crippen LogP contribution in [0.2, 0.25) is 0 Å². The van der Waals surface area contributed by atoms with E-state index in [1.807, 2.05) is 27.7 Å². The fourth-order valence-corrected chi connectivity index (χ4v) is 3.48. The number of aromatic hydroxyl groups is 1. The van der Waals surface area contributed by atoms with Gasteiger partial charge in [0, 0.05) is 13.3 Å². The minimum absolute atomic E-state index is 0.0794. The van der Waals surface area contributed by atoms with Crippen molar-refractivity contribution in [2.24, 2.45) is 11.3 Å². The van der Waals surface area contributed by atoms with Crippen molar-refractivity contribution in [3.05, 3.63) is 29.8 Å². The smallest absolute Gasteiger partial charge is 0.329 e. The summed E-state index contributed by atoms with van der Waals surface area (Å²) in [6.45, 7) is 12.4. The van der Waals surface area contributed by atoms with E-state index < -0.39 is 41.3 Å². The number of hydrogen-bond donors (Lipinski definition) is 5. The molecule has 0 bridgehead atoms. The highest BCUT2D eigenvalue weighted by molar-refractivity contribution is 5.94. The molecule has 0 spiro atoms. The van der Waals surface area contributed by atoms with Crippen LogP contribution < -0.4 is 16.0 Å². The summed E-state index contributed by atoms with van der Waals surface area (Å²) in [4.78, 5) is 50.2. The lowest BCUT2D eigenvalue weighted by atomic mass is 9.83. The van der Waals surface area contributed by atoms with Gasteiger partial charge in [0.2, 0.25) is 17.7 Å². The van der Waals surface area contributed by atoms with E-state index in [0.717, 1.165) is 0 Å². The third kappa shape index (κ3) is 9.96. The first-order chi connectivity index (χ1) is 16.1. The van der Waals surface area contributed by atoms with Gasteiger partial charge in [0.05, 0.1) is 0 Å². The number of rotatable bonds is 12. The van der Waals surface area contributed by atoms with Gasteiger partial charge in [-0.1, -0.05) is 53.2 Å². The molecule has 0 saturated carbocycles. The van der Waals surface area contributed by atoms with E-state index in [1.54, 1.807) is 19.1 Å². The predicted molar refractivity (Wildman–Crippen MR) is 134 cm³/mol. The van der Waals surface area contributed by atoms with Gasteiger partial charge in [0.15, 0.2) is 0 Å². The van der Waals surface area contributed by atoms with Gasteiger partial charge in [-0.2, -0.15) is 0 Å². The lowest BCUT2D eigenvalue weighted by Gasteiger charge is -2.33. The summed E-state index contributed by atoms with van der Waals surface area (Å²) in [6, 6.07) is 4.31. The van der Waals surface area contributed by atoms with Gasteiger partial charge in [-0.25, -0.2) is 4.79 Å². The maximum atomic E-state index is 13.3. The Bertz CT molecular complexity index is 893.